The number of rotatable bonds is 5. The van der Waals surface area contributed by atoms with Gasteiger partial charge in [0.1, 0.15) is 18.5 Å². The van der Waals surface area contributed by atoms with Crippen LogP contribution in [0.3, 0.4) is 0 Å². The lowest BCUT2D eigenvalue weighted by Crippen LogP contribution is -2.34. The molecule has 1 saturated heterocycles. The van der Waals surface area contributed by atoms with E-state index in [0.29, 0.717) is 6.67 Å². The van der Waals surface area contributed by atoms with E-state index in [1.165, 1.54) is 0 Å². The smallest absolute Gasteiger partial charge is 0.162 e. The minimum absolute atomic E-state index is 0.204. The van der Waals surface area contributed by atoms with Gasteiger partial charge in [-0.25, -0.2) is 0 Å². The minimum Gasteiger partial charge on any atom is -0.495 e. The maximum atomic E-state index is 6.27. The SMILES string of the molecule is COc1cc2c(cc1OC1CCNCC1)C=NCN2c1cc(Br)ccc1OC. The summed E-state index contributed by atoms with van der Waals surface area (Å²) in [5.41, 5.74) is 2.96. The summed E-state index contributed by atoms with van der Waals surface area (Å²) in [5.74, 6) is 2.29. The van der Waals surface area contributed by atoms with Crippen molar-refractivity contribution in [3.05, 3.63) is 40.4 Å². The average molecular weight is 446 g/mol. The van der Waals surface area contributed by atoms with Crippen LogP contribution in [0.1, 0.15) is 18.4 Å². The van der Waals surface area contributed by atoms with Gasteiger partial charge in [0.25, 0.3) is 0 Å². The van der Waals surface area contributed by atoms with Gasteiger partial charge in [0.2, 0.25) is 0 Å². The van der Waals surface area contributed by atoms with Crippen molar-refractivity contribution in [3.8, 4) is 17.2 Å². The molecule has 1 fully saturated rings. The maximum Gasteiger partial charge on any atom is 0.162 e. The van der Waals surface area contributed by atoms with Gasteiger partial charge in [0.15, 0.2) is 11.5 Å². The van der Waals surface area contributed by atoms with Crippen LogP contribution in [0.25, 0.3) is 0 Å². The molecule has 2 aromatic rings. The van der Waals surface area contributed by atoms with Crippen molar-refractivity contribution >= 4 is 33.5 Å². The largest absolute Gasteiger partial charge is 0.495 e. The number of halogens is 1. The number of benzene rings is 2. The summed E-state index contributed by atoms with van der Waals surface area (Å²) in [6.07, 6.45) is 4.09. The molecule has 2 aromatic carbocycles. The fraction of sp³-hybridized carbons (Fsp3) is 0.381. The van der Waals surface area contributed by atoms with Crippen molar-refractivity contribution in [3.63, 3.8) is 0 Å². The van der Waals surface area contributed by atoms with Gasteiger partial charge in [-0.3, -0.25) is 4.99 Å². The van der Waals surface area contributed by atoms with Crippen molar-refractivity contribution in [2.24, 2.45) is 4.99 Å². The molecule has 0 amide bonds. The van der Waals surface area contributed by atoms with E-state index < -0.39 is 0 Å². The molecule has 2 aliphatic heterocycles. The highest BCUT2D eigenvalue weighted by Crippen LogP contribution is 2.42. The first kappa shape index (κ1) is 19.1. The second-order valence-electron chi connectivity index (χ2n) is 6.83. The fourth-order valence-corrected chi connectivity index (χ4v) is 3.97. The Morgan fingerprint density at radius 3 is 2.54 bits per heavy atom. The van der Waals surface area contributed by atoms with Crippen LogP contribution in [0.4, 0.5) is 11.4 Å². The summed E-state index contributed by atoms with van der Waals surface area (Å²) in [6.45, 7) is 2.48. The number of ether oxygens (including phenoxy) is 3. The lowest BCUT2D eigenvalue weighted by molar-refractivity contribution is 0.156. The highest BCUT2D eigenvalue weighted by atomic mass is 79.9. The summed E-state index contributed by atoms with van der Waals surface area (Å²) in [6, 6.07) is 10.00. The first-order valence-corrected chi connectivity index (χ1v) is 10.2. The van der Waals surface area contributed by atoms with Crippen LogP contribution in [-0.4, -0.2) is 46.3 Å². The zero-order valence-corrected chi connectivity index (χ0v) is 17.7. The van der Waals surface area contributed by atoms with E-state index in [-0.39, 0.29) is 6.10 Å². The Bertz CT molecular complexity index is 881. The molecule has 0 atom stereocenters. The topological polar surface area (TPSA) is 55.3 Å². The van der Waals surface area contributed by atoms with Crippen LogP contribution in [-0.2, 0) is 0 Å². The van der Waals surface area contributed by atoms with Gasteiger partial charge in [-0.05, 0) is 50.2 Å². The molecule has 0 aliphatic carbocycles. The first-order chi connectivity index (χ1) is 13.7. The Balaban J connectivity index is 1.71. The highest BCUT2D eigenvalue weighted by Gasteiger charge is 2.24. The molecule has 0 bridgehead atoms. The van der Waals surface area contributed by atoms with E-state index in [2.05, 4.69) is 31.1 Å². The second-order valence-corrected chi connectivity index (χ2v) is 7.74. The minimum atomic E-state index is 0.204. The van der Waals surface area contributed by atoms with Crippen molar-refractivity contribution < 1.29 is 14.2 Å². The van der Waals surface area contributed by atoms with Crippen LogP contribution in [0, 0.1) is 0 Å². The predicted octanol–water partition coefficient (Wildman–Crippen LogP) is 4.13. The number of methoxy groups -OCH3 is 2. The van der Waals surface area contributed by atoms with Gasteiger partial charge in [-0.15, -0.1) is 0 Å². The molecule has 1 N–H and O–H groups in total. The molecular weight excluding hydrogens is 422 g/mol. The van der Waals surface area contributed by atoms with Crippen LogP contribution in [0.5, 0.6) is 17.2 Å². The molecular formula is C21H24BrN3O3. The molecule has 0 saturated carbocycles. The van der Waals surface area contributed by atoms with Gasteiger partial charge in [-0.1, -0.05) is 15.9 Å². The van der Waals surface area contributed by atoms with Crippen molar-refractivity contribution in [2.45, 2.75) is 18.9 Å². The normalized spacial score (nSPS) is 16.6. The zero-order chi connectivity index (χ0) is 19.5. The van der Waals surface area contributed by atoms with Crippen LogP contribution >= 0.6 is 15.9 Å². The summed E-state index contributed by atoms with van der Waals surface area (Å²) < 4.78 is 18.5. The van der Waals surface area contributed by atoms with Crippen LogP contribution in [0.15, 0.2) is 39.8 Å². The molecule has 148 valence electrons. The van der Waals surface area contributed by atoms with Crippen LogP contribution < -0.4 is 24.4 Å². The molecule has 0 radical (unpaired) electrons. The lowest BCUT2D eigenvalue weighted by Gasteiger charge is -2.30. The van der Waals surface area contributed by atoms with Crippen molar-refractivity contribution in [2.75, 3.05) is 38.9 Å². The van der Waals surface area contributed by atoms with Crippen molar-refractivity contribution in [1.29, 1.82) is 0 Å². The average Bonchev–Trinajstić information content (AvgIpc) is 2.73. The van der Waals surface area contributed by atoms with E-state index >= 15 is 0 Å². The maximum absolute atomic E-state index is 6.27. The number of aliphatic imine (C=N–C) groups is 1. The molecule has 0 unspecified atom stereocenters. The number of nitrogens with zero attached hydrogens (tertiary/aromatic N) is 2. The van der Waals surface area contributed by atoms with Gasteiger partial charge < -0.3 is 24.4 Å². The standard InChI is InChI=1S/C21H24BrN3O3/c1-26-19-4-3-15(22)10-18(19)25-13-24-12-14-9-21(20(27-2)11-17(14)25)28-16-5-7-23-8-6-16/h3-4,9-12,16,23H,5-8,13H2,1-2H3. The van der Waals surface area contributed by atoms with E-state index in [1.807, 2.05) is 36.5 Å². The van der Waals surface area contributed by atoms with E-state index in [4.69, 9.17) is 14.2 Å². The summed E-state index contributed by atoms with van der Waals surface area (Å²) in [5, 5.41) is 3.36. The lowest BCUT2D eigenvalue weighted by atomic mass is 10.1. The molecule has 7 heteroatoms. The fourth-order valence-electron chi connectivity index (χ4n) is 3.62. The monoisotopic (exact) mass is 445 g/mol. The summed E-state index contributed by atoms with van der Waals surface area (Å²) in [4.78, 5) is 6.67. The summed E-state index contributed by atoms with van der Waals surface area (Å²) in [7, 11) is 3.36. The van der Waals surface area contributed by atoms with E-state index in [1.54, 1.807) is 14.2 Å². The number of piperidine rings is 1. The van der Waals surface area contributed by atoms with Gasteiger partial charge in [0.05, 0.1) is 25.6 Å². The van der Waals surface area contributed by atoms with E-state index in [9.17, 15) is 0 Å². The molecule has 0 spiro atoms. The highest BCUT2D eigenvalue weighted by molar-refractivity contribution is 9.10. The Morgan fingerprint density at radius 2 is 1.79 bits per heavy atom. The quantitative estimate of drug-likeness (QED) is 0.749. The Kier molecular flexibility index (Phi) is 5.73. The zero-order valence-electron chi connectivity index (χ0n) is 16.1. The molecule has 2 heterocycles. The van der Waals surface area contributed by atoms with Crippen molar-refractivity contribution in [1.82, 2.24) is 5.32 Å². The Morgan fingerprint density at radius 1 is 1.00 bits per heavy atom. The third-order valence-corrected chi connectivity index (χ3v) is 5.56. The number of hydrogen-bond donors (Lipinski definition) is 1. The van der Waals surface area contributed by atoms with Gasteiger partial charge in [-0.2, -0.15) is 0 Å². The Labute approximate surface area is 173 Å². The second kappa shape index (κ2) is 8.41. The predicted molar refractivity (Wildman–Crippen MR) is 115 cm³/mol. The third-order valence-electron chi connectivity index (χ3n) is 5.07. The molecule has 6 nitrogen and oxygen atoms in total. The number of fused-ring (bicyclic) bond motifs is 1. The Hall–Kier alpha value is -2.25. The molecule has 4 rings (SSSR count). The summed E-state index contributed by atoms with van der Waals surface area (Å²) >= 11 is 3.56. The number of hydrogen-bond acceptors (Lipinski definition) is 6. The number of anilines is 2. The van der Waals surface area contributed by atoms with Gasteiger partial charge in [0, 0.05) is 22.3 Å². The first-order valence-electron chi connectivity index (χ1n) is 9.40. The molecule has 0 aromatic heterocycles. The van der Waals surface area contributed by atoms with E-state index in [0.717, 1.165) is 64.6 Å². The molecule has 28 heavy (non-hydrogen) atoms. The third kappa shape index (κ3) is 3.82. The van der Waals surface area contributed by atoms with Gasteiger partial charge >= 0.3 is 0 Å². The molecule has 2 aliphatic rings. The number of nitrogens with one attached hydrogen (secondary N) is 1. The van der Waals surface area contributed by atoms with Crippen LogP contribution in [0.2, 0.25) is 0 Å².